The van der Waals surface area contributed by atoms with E-state index in [4.69, 9.17) is 0 Å². The van der Waals surface area contributed by atoms with E-state index in [0.717, 1.165) is 55.2 Å². The minimum atomic E-state index is -0.532. The second-order valence-electron chi connectivity index (χ2n) is 7.70. The molecule has 28 heavy (non-hydrogen) atoms. The number of fused-ring (bicyclic) bond motifs is 1. The monoisotopic (exact) mass is 381 g/mol. The SMILES string of the molecule is CC(=O)N1c2ccc([C@H](O)CN3CCN(c4cnccn4)CC3)cc2C[C@@H]1C. The number of rotatable bonds is 4. The summed E-state index contributed by atoms with van der Waals surface area (Å²) in [4.78, 5) is 26.7. The molecule has 1 N–H and O–H groups in total. The summed E-state index contributed by atoms with van der Waals surface area (Å²) in [5, 5.41) is 10.8. The predicted molar refractivity (Wildman–Crippen MR) is 108 cm³/mol. The van der Waals surface area contributed by atoms with E-state index in [-0.39, 0.29) is 11.9 Å². The van der Waals surface area contributed by atoms with E-state index in [1.54, 1.807) is 25.5 Å². The van der Waals surface area contributed by atoms with E-state index >= 15 is 0 Å². The highest BCUT2D eigenvalue weighted by atomic mass is 16.3. The number of aliphatic hydroxyl groups is 1. The highest BCUT2D eigenvalue weighted by Crippen LogP contribution is 2.34. The van der Waals surface area contributed by atoms with Gasteiger partial charge < -0.3 is 14.9 Å². The summed E-state index contributed by atoms with van der Waals surface area (Å²) in [7, 11) is 0. The van der Waals surface area contributed by atoms with Crippen molar-refractivity contribution in [1.29, 1.82) is 0 Å². The van der Waals surface area contributed by atoms with Gasteiger partial charge in [-0.15, -0.1) is 0 Å². The molecule has 0 bridgehead atoms. The number of benzene rings is 1. The third-order valence-electron chi connectivity index (χ3n) is 5.72. The third-order valence-corrected chi connectivity index (χ3v) is 5.72. The maximum atomic E-state index is 11.9. The van der Waals surface area contributed by atoms with E-state index in [1.165, 1.54) is 0 Å². The van der Waals surface area contributed by atoms with Crippen LogP contribution >= 0.6 is 0 Å². The average Bonchev–Trinajstić information content (AvgIpc) is 3.04. The number of carbonyl (C=O) groups is 1. The fourth-order valence-corrected chi connectivity index (χ4v) is 4.30. The van der Waals surface area contributed by atoms with Crippen LogP contribution in [0.1, 0.15) is 31.1 Å². The zero-order valence-electron chi connectivity index (χ0n) is 16.5. The molecule has 7 nitrogen and oxygen atoms in total. The molecule has 0 unspecified atom stereocenters. The minimum Gasteiger partial charge on any atom is -0.387 e. The Balaban J connectivity index is 1.37. The van der Waals surface area contributed by atoms with Gasteiger partial charge in [-0.1, -0.05) is 12.1 Å². The summed E-state index contributed by atoms with van der Waals surface area (Å²) < 4.78 is 0. The van der Waals surface area contributed by atoms with Crippen LogP contribution in [-0.2, 0) is 11.2 Å². The molecule has 2 aromatic rings. The summed E-state index contributed by atoms with van der Waals surface area (Å²) in [5.41, 5.74) is 3.05. The number of β-amino-alcohol motifs (C(OH)–C–C–N with tert-alkyl or cyclic N) is 1. The van der Waals surface area contributed by atoms with Gasteiger partial charge in [-0.05, 0) is 30.5 Å². The van der Waals surface area contributed by atoms with Crippen LogP contribution in [0.5, 0.6) is 0 Å². The van der Waals surface area contributed by atoms with E-state index in [1.807, 2.05) is 17.0 Å². The number of piperazine rings is 1. The van der Waals surface area contributed by atoms with Crippen molar-refractivity contribution in [2.45, 2.75) is 32.4 Å². The molecular formula is C21H27N5O2. The Bertz CT molecular complexity index is 836. The summed E-state index contributed by atoms with van der Waals surface area (Å²) in [6.45, 7) is 7.80. The molecule has 1 saturated heterocycles. The first-order valence-electron chi connectivity index (χ1n) is 9.87. The molecule has 2 atom stereocenters. The van der Waals surface area contributed by atoms with Crippen molar-refractivity contribution in [3.05, 3.63) is 47.9 Å². The molecule has 0 spiro atoms. The Labute approximate surface area is 165 Å². The molecule has 1 fully saturated rings. The topological polar surface area (TPSA) is 72.8 Å². The Morgan fingerprint density at radius 2 is 2.04 bits per heavy atom. The number of hydrogen-bond acceptors (Lipinski definition) is 6. The van der Waals surface area contributed by atoms with Gasteiger partial charge in [0.25, 0.3) is 0 Å². The molecule has 148 valence electrons. The zero-order chi connectivity index (χ0) is 19.7. The lowest BCUT2D eigenvalue weighted by atomic mass is 10.0. The number of carbonyl (C=O) groups excluding carboxylic acids is 1. The molecule has 2 aliphatic heterocycles. The summed E-state index contributed by atoms with van der Waals surface area (Å²) in [6.07, 6.45) is 5.50. The number of anilines is 2. The molecule has 1 amide bonds. The molecular weight excluding hydrogens is 354 g/mol. The largest absolute Gasteiger partial charge is 0.387 e. The van der Waals surface area contributed by atoms with Crippen LogP contribution < -0.4 is 9.80 Å². The van der Waals surface area contributed by atoms with Crippen LogP contribution in [0.25, 0.3) is 0 Å². The second kappa shape index (κ2) is 7.85. The highest BCUT2D eigenvalue weighted by molar-refractivity contribution is 5.94. The van der Waals surface area contributed by atoms with Crippen LogP contribution in [0.3, 0.4) is 0 Å². The maximum Gasteiger partial charge on any atom is 0.224 e. The van der Waals surface area contributed by atoms with Crippen LogP contribution in [0.15, 0.2) is 36.8 Å². The quantitative estimate of drug-likeness (QED) is 0.868. The van der Waals surface area contributed by atoms with Crippen molar-refractivity contribution in [3.8, 4) is 0 Å². The lowest BCUT2D eigenvalue weighted by molar-refractivity contribution is -0.116. The van der Waals surface area contributed by atoms with Crippen molar-refractivity contribution >= 4 is 17.4 Å². The Kier molecular flexibility index (Phi) is 5.28. The van der Waals surface area contributed by atoms with Crippen molar-refractivity contribution in [2.75, 3.05) is 42.5 Å². The standard InChI is InChI=1S/C21H27N5O2/c1-15-11-18-12-17(3-4-19(18)26(15)16(2)27)20(28)14-24-7-9-25(10-8-24)21-13-22-5-6-23-21/h3-6,12-13,15,20,28H,7-11,14H2,1-2H3/t15-,20+/m0/s1. The Morgan fingerprint density at radius 3 is 2.71 bits per heavy atom. The van der Waals surface area contributed by atoms with Gasteiger partial charge in [0.15, 0.2) is 0 Å². The molecule has 3 heterocycles. The number of nitrogens with zero attached hydrogens (tertiary/aromatic N) is 5. The molecule has 1 aromatic heterocycles. The minimum absolute atomic E-state index is 0.0699. The predicted octanol–water partition coefficient (Wildman–Crippen LogP) is 1.63. The van der Waals surface area contributed by atoms with E-state index in [2.05, 4.69) is 32.8 Å². The fraction of sp³-hybridized carbons (Fsp3) is 0.476. The van der Waals surface area contributed by atoms with Gasteiger partial charge in [0.05, 0.1) is 12.3 Å². The highest BCUT2D eigenvalue weighted by Gasteiger charge is 2.29. The van der Waals surface area contributed by atoms with Gasteiger partial charge >= 0.3 is 0 Å². The van der Waals surface area contributed by atoms with Gasteiger partial charge in [-0.3, -0.25) is 14.7 Å². The van der Waals surface area contributed by atoms with Crippen molar-refractivity contribution in [1.82, 2.24) is 14.9 Å². The van der Waals surface area contributed by atoms with Gasteiger partial charge in [0.2, 0.25) is 5.91 Å². The number of aliphatic hydroxyl groups excluding tert-OH is 1. The number of aromatic nitrogens is 2. The molecule has 0 saturated carbocycles. The van der Waals surface area contributed by atoms with Crippen LogP contribution in [0.2, 0.25) is 0 Å². The van der Waals surface area contributed by atoms with Gasteiger partial charge in [-0.2, -0.15) is 0 Å². The summed E-state index contributed by atoms with van der Waals surface area (Å²) >= 11 is 0. The summed E-state index contributed by atoms with van der Waals surface area (Å²) in [6, 6.07) is 6.17. The number of hydrogen-bond donors (Lipinski definition) is 1. The van der Waals surface area contributed by atoms with Crippen molar-refractivity contribution in [3.63, 3.8) is 0 Å². The van der Waals surface area contributed by atoms with E-state index in [9.17, 15) is 9.90 Å². The third kappa shape index (κ3) is 3.72. The number of amides is 1. The van der Waals surface area contributed by atoms with E-state index < -0.39 is 6.10 Å². The Hall–Kier alpha value is -2.51. The van der Waals surface area contributed by atoms with Crippen LogP contribution in [0, 0.1) is 0 Å². The maximum absolute atomic E-state index is 11.9. The molecule has 7 heteroatoms. The first-order chi connectivity index (χ1) is 13.5. The average molecular weight is 381 g/mol. The summed E-state index contributed by atoms with van der Waals surface area (Å²) in [5.74, 6) is 0.978. The Morgan fingerprint density at radius 1 is 1.25 bits per heavy atom. The van der Waals surface area contributed by atoms with E-state index in [0.29, 0.717) is 6.54 Å². The van der Waals surface area contributed by atoms with Crippen LogP contribution in [0.4, 0.5) is 11.5 Å². The molecule has 4 rings (SSSR count). The van der Waals surface area contributed by atoms with Crippen LogP contribution in [-0.4, -0.2) is 64.6 Å². The first kappa shape index (κ1) is 18.8. The smallest absolute Gasteiger partial charge is 0.224 e. The normalized spacial score (nSPS) is 20.9. The van der Waals surface area contributed by atoms with Crippen molar-refractivity contribution in [2.24, 2.45) is 0 Å². The lowest BCUT2D eigenvalue weighted by Crippen LogP contribution is -2.47. The second-order valence-corrected chi connectivity index (χ2v) is 7.70. The molecule has 0 radical (unpaired) electrons. The first-order valence-corrected chi connectivity index (χ1v) is 9.87. The zero-order valence-corrected chi connectivity index (χ0v) is 16.5. The van der Waals surface area contributed by atoms with Gasteiger partial charge in [0, 0.05) is 63.8 Å². The molecule has 2 aliphatic rings. The lowest BCUT2D eigenvalue weighted by Gasteiger charge is -2.36. The van der Waals surface area contributed by atoms with Gasteiger partial charge in [-0.25, -0.2) is 4.98 Å². The molecule has 1 aromatic carbocycles. The molecule has 0 aliphatic carbocycles. The fourth-order valence-electron chi connectivity index (χ4n) is 4.30. The van der Waals surface area contributed by atoms with Gasteiger partial charge in [0.1, 0.15) is 5.82 Å². The van der Waals surface area contributed by atoms with Crippen molar-refractivity contribution < 1.29 is 9.90 Å².